The van der Waals surface area contributed by atoms with E-state index in [1.54, 1.807) is 24.3 Å². The normalized spacial score (nSPS) is 17.3. The summed E-state index contributed by atoms with van der Waals surface area (Å²) in [6, 6.07) is 6.62. The van der Waals surface area contributed by atoms with Crippen molar-refractivity contribution in [2.75, 3.05) is 4.90 Å². The molecule has 1 saturated heterocycles. The topological polar surface area (TPSA) is 74.7 Å². The van der Waals surface area contributed by atoms with Gasteiger partial charge in [0.2, 0.25) is 11.8 Å². The van der Waals surface area contributed by atoms with Crippen LogP contribution in [0.4, 0.5) is 5.69 Å². The predicted molar refractivity (Wildman–Crippen MR) is 77.9 cm³/mol. The van der Waals surface area contributed by atoms with Crippen LogP contribution in [-0.2, 0) is 20.8 Å². The van der Waals surface area contributed by atoms with Gasteiger partial charge in [0.25, 0.3) is 0 Å². The molecule has 1 aliphatic rings. The van der Waals surface area contributed by atoms with E-state index in [4.69, 9.17) is 5.11 Å². The minimum atomic E-state index is -0.942. The smallest absolute Gasteiger partial charge is 0.307 e. The first-order valence-electron chi connectivity index (χ1n) is 7.11. The second-order valence-corrected chi connectivity index (χ2v) is 5.44. The summed E-state index contributed by atoms with van der Waals surface area (Å²) >= 11 is 0. The molecule has 1 aromatic carbocycles. The van der Waals surface area contributed by atoms with Crippen molar-refractivity contribution in [3.8, 4) is 0 Å². The minimum Gasteiger partial charge on any atom is -0.481 e. The molecule has 112 valence electrons. The maximum absolute atomic E-state index is 12.6. The van der Waals surface area contributed by atoms with Gasteiger partial charge in [-0.3, -0.25) is 19.3 Å². The van der Waals surface area contributed by atoms with E-state index in [0.29, 0.717) is 24.1 Å². The van der Waals surface area contributed by atoms with Crippen LogP contribution in [0.1, 0.15) is 38.7 Å². The quantitative estimate of drug-likeness (QED) is 0.844. The fraction of sp³-hybridized carbons (Fsp3) is 0.438. The summed E-state index contributed by atoms with van der Waals surface area (Å²) in [5.41, 5.74) is 0.429. The third kappa shape index (κ3) is 2.68. The molecule has 1 aromatic rings. The zero-order valence-electron chi connectivity index (χ0n) is 12.3. The van der Waals surface area contributed by atoms with Gasteiger partial charge in [0.15, 0.2) is 0 Å². The fourth-order valence-electron chi connectivity index (χ4n) is 2.84. The lowest BCUT2D eigenvalue weighted by atomic mass is 9.81. The van der Waals surface area contributed by atoms with E-state index in [1.807, 2.05) is 13.8 Å². The lowest BCUT2D eigenvalue weighted by molar-refractivity contribution is -0.136. The lowest BCUT2D eigenvalue weighted by Gasteiger charge is -2.23. The highest BCUT2D eigenvalue weighted by atomic mass is 16.4. The number of rotatable bonds is 5. The second kappa shape index (κ2) is 5.68. The average Bonchev–Trinajstić information content (AvgIpc) is 2.70. The first kappa shape index (κ1) is 15.2. The molecule has 0 atom stereocenters. The summed E-state index contributed by atoms with van der Waals surface area (Å²) in [6.07, 6.45) is 1.34. The van der Waals surface area contributed by atoms with Gasteiger partial charge in [-0.1, -0.05) is 26.0 Å². The van der Waals surface area contributed by atoms with Gasteiger partial charge in [-0.15, -0.1) is 0 Å². The van der Waals surface area contributed by atoms with Crippen LogP contribution in [0.25, 0.3) is 0 Å². The molecule has 0 bridgehead atoms. The molecule has 1 aliphatic heterocycles. The molecule has 5 heteroatoms. The molecule has 0 radical (unpaired) electrons. The zero-order valence-corrected chi connectivity index (χ0v) is 12.3. The Morgan fingerprint density at radius 1 is 1.29 bits per heavy atom. The van der Waals surface area contributed by atoms with E-state index in [-0.39, 0.29) is 24.7 Å². The Kier molecular flexibility index (Phi) is 4.11. The zero-order chi connectivity index (χ0) is 15.6. The van der Waals surface area contributed by atoms with Gasteiger partial charge >= 0.3 is 5.97 Å². The molecule has 5 nitrogen and oxygen atoms in total. The molecule has 0 spiro atoms. The van der Waals surface area contributed by atoms with Gasteiger partial charge in [-0.05, 0) is 30.5 Å². The Hall–Kier alpha value is -2.17. The van der Waals surface area contributed by atoms with Crippen LogP contribution in [0, 0.1) is 5.41 Å². The number of hydrogen-bond acceptors (Lipinski definition) is 3. The summed E-state index contributed by atoms with van der Waals surface area (Å²) in [5.74, 6) is -1.33. The SMILES string of the molecule is CCC1(CC)CC(=O)N(c2cccc(CC(=O)O)c2)C1=O. The average molecular weight is 289 g/mol. The number of carboxylic acids is 1. The van der Waals surface area contributed by atoms with Crippen molar-refractivity contribution in [1.29, 1.82) is 0 Å². The van der Waals surface area contributed by atoms with Crippen LogP contribution in [-0.4, -0.2) is 22.9 Å². The number of benzene rings is 1. The summed E-state index contributed by atoms with van der Waals surface area (Å²) in [6.45, 7) is 3.83. The van der Waals surface area contributed by atoms with Crippen molar-refractivity contribution < 1.29 is 19.5 Å². The van der Waals surface area contributed by atoms with E-state index in [9.17, 15) is 14.4 Å². The molecule has 0 aromatic heterocycles. The highest BCUT2D eigenvalue weighted by molar-refractivity contribution is 6.22. The van der Waals surface area contributed by atoms with Gasteiger partial charge in [-0.25, -0.2) is 0 Å². The van der Waals surface area contributed by atoms with Crippen molar-refractivity contribution in [2.24, 2.45) is 5.41 Å². The number of amides is 2. The van der Waals surface area contributed by atoms with Crippen LogP contribution in [0.3, 0.4) is 0 Å². The first-order chi connectivity index (χ1) is 9.93. The third-order valence-electron chi connectivity index (χ3n) is 4.27. The minimum absolute atomic E-state index is 0.128. The molecule has 0 aliphatic carbocycles. The number of hydrogen-bond donors (Lipinski definition) is 1. The Labute approximate surface area is 123 Å². The van der Waals surface area contributed by atoms with Crippen LogP contribution >= 0.6 is 0 Å². The molecule has 21 heavy (non-hydrogen) atoms. The molecule has 2 rings (SSSR count). The molecule has 1 fully saturated rings. The molecule has 0 saturated carbocycles. The number of carbonyl (C=O) groups excluding carboxylic acids is 2. The number of imide groups is 1. The van der Waals surface area contributed by atoms with Crippen molar-refractivity contribution in [3.63, 3.8) is 0 Å². The van der Waals surface area contributed by atoms with Crippen LogP contribution in [0.15, 0.2) is 24.3 Å². The van der Waals surface area contributed by atoms with Crippen molar-refractivity contribution in [3.05, 3.63) is 29.8 Å². The summed E-state index contributed by atoms with van der Waals surface area (Å²) in [4.78, 5) is 36.8. The van der Waals surface area contributed by atoms with Crippen LogP contribution < -0.4 is 4.90 Å². The molecule has 2 amide bonds. The van der Waals surface area contributed by atoms with E-state index in [0.717, 1.165) is 0 Å². The molecule has 1 N–H and O–H groups in total. The Balaban J connectivity index is 2.36. The molecule has 1 heterocycles. The Morgan fingerprint density at radius 3 is 2.48 bits per heavy atom. The van der Waals surface area contributed by atoms with Crippen LogP contribution in [0.2, 0.25) is 0 Å². The number of carbonyl (C=O) groups is 3. The summed E-state index contributed by atoms with van der Waals surface area (Å²) in [7, 11) is 0. The molecule has 0 unspecified atom stereocenters. The van der Waals surface area contributed by atoms with Gasteiger partial charge in [0.05, 0.1) is 17.5 Å². The highest BCUT2D eigenvalue weighted by Gasteiger charge is 2.49. The summed E-state index contributed by atoms with van der Waals surface area (Å²) in [5, 5.41) is 8.84. The van der Waals surface area contributed by atoms with Gasteiger partial charge < -0.3 is 5.11 Å². The third-order valence-corrected chi connectivity index (χ3v) is 4.27. The largest absolute Gasteiger partial charge is 0.481 e. The van der Waals surface area contributed by atoms with Gasteiger partial charge in [0, 0.05) is 6.42 Å². The fourth-order valence-corrected chi connectivity index (χ4v) is 2.84. The van der Waals surface area contributed by atoms with Crippen molar-refractivity contribution in [1.82, 2.24) is 0 Å². The monoisotopic (exact) mass is 289 g/mol. The van der Waals surface area contributed by atoms with E-state index < -0.39 is 11.4 Å². The van der Waals surface area contributed by atoms with E-state index >= 15 is 0 Å². The van der Waals surface area contributed by atoms with Crippen LogP contribution in [0.5, 0.6) is 0 Å². The Bertz CT molecular complexity index is 590. The van der Waals surface area contributed by atoms with E-state index in [2.05, 4.69) is 0 Å². The molecular formula is C16H19NO4. The number of aliphatic carboxylic acids is 1. The maximum atomic E-state index is 12.6. The number of carboxylic acid groups (broad SMARTS) is 1. The highest BCUT2D eigenvalue weighted by Crippen LogP contribution is 2.41. The number of nitrogens with zero attached hydrogens (tertiary/aromatic N) is 1. The predicted octanol–water partition coefficient (Wildman–Crippen LogP) is 2.38. The standard InChI is InChI=1S/C16H19NO4/c1-3-16(4-2)10-13(18)17(15(16)21)12-7-5-6-11(8-12)9-14(19)20/h5-8H,3-4,9-10H2,1-2H3,(H,19,20). The number of anilines is 1. The maximum Gasteiger partial charge on any atom is 0.307 e. The van der Waals surface area contributed by atoms with Crippen molar-refractivity contribution >= 4 is 23.5 Å². The van der Waals surface area contributed by atoms with E-state index in [1.165, 1.54) is 4.90 Å². The molecular weight excluding hydrogens is 270 g/mol. The second-order valence-electron chi connectivity index (χ2n) is 5.44. The first-order valence-corrected chi connectivity index (χ1v) is 7.11. The summed E-state index contributed by atoms with van der Waals surface area (Å²) < 4.78 is 0. The van der Waals surface area contributed by atoms with Gasteiger partial charge in [-0.2, -0.15) is 0 Å². The van der Waals surface area contributed by atoms with Gasteiger partial charge in [0.1, 0.15) is 0 Å². The van der Waals surface area contributed by atoms with Crippen molar-refractivity contribution in [2.45, 2.75) is 39.5 Å². The Morgan fingerprint density at radius 2 is 1.95 bits per heavy atom. The lowest BCUT2D eigenvalue weighted by Crippen LogP contribution is -2.35.